The molecule has 0 bridgehead atoms. The molecule has 0 saturated carbocycles. The van der Waals surface area contributed by atoms with Crippen molar-refractivity contribution in [2.45, 2.75) is 19.8 Å². The van der Waals surface area contributed by atoms with Crippen molar-refractivity contribution in [2.75, 3.05) is 19.8 Å². The first kappa shape index (κ1) is 13.4. The number of alkyl halides is 1. The quantitative estimate of drug-likeness (QED) is 0.640. The third-order valence-corrected chi connectivity index (χ3v) is 1.83. The Morgan fingerprint density at radius 3 is 2.73 bits per heavy atom. The van der Waals surface area contributed by atoms with Crippen LogP contribution in [0, 0.1) is 11.3 Å². The average molecular weight is 213 g/mol. The predicted molar refractivity (Wildman–Crippen MR) is 55.3 cm³/mol. The van der Waals surface area contributed by atoms with Crippen LogP contribution < -0.4 is 5.73 Å². The summed E-state index contributed by atoms with van der Waals surface area (Å²) in [7, 11) is 0. The van der Waals surface area contributed by atoms with E-state index in [0.29, 0.717) is 25.0 Å². The first-order valence-corrected chi connectivity index (χ1v) is 4.83. The summed E-state index contributed by atoms with van der Waals surface area (Å²) in [5.41, 5.74) is 5.50. The van der Waals surface area contributed by atoms with Crippen LogP contribution in [0.25, 0.3) is 0 Å². The topological polar surface area (TPSA) is 70.1 Å². The lowest BCUT2D eigenvalue weighted by molar-refractivity contribution is -0.118. The number of rotatable bonds is 7. The molecular weight excluding hydrogens is 197 g/mol. The number of halogens is 1. The molecule has 0 aromatic heterocycles. The highest BCUT2D eigenvalue weighted by Gasteiger charge is 2.03. The number of likely N-dealkylation sites (N-methyl/N-ethyl adjacent to an activating group) is 1. The van der Waals surface area contributed by atoms with Gasteiger partial charge in [0.15, 0.2) is 0 Å². The number of nitrogens with two attached hydrogens (primary N) is 1. The van der Waals surface area contributed by atoms with Gasteiger partial charge in [0.1, 0.15) is 0 Å². The lowest BCUT2D eigenvalue weighted by atomic mass is 10.2. The van der Waals surface area contributed by atoms with Gasteiger partial charge in [-0.05, 0) is 19.8 Å². The largest absolute Gasteiger partial charge is 0.368 e. The van der Waals surface area contributed by atoms with Crippen molar-refractivity contribution >= 4 is 5.91 Å². The summed E-state index contributed by atoms with van der Waals surface area (Å²) in [6, 6.07) is 1.98. The number of hydrogen-bond acceptors (Lipinski definition) is 3. The molecule has 0 saturated heterocycles. The van der Waals surface area contributed by atoms with Gasteiger partial charge >= 0.3 is 0 Å². The van der Waals surface area contributed by atoms with E-state index in [2.05, 4.69) is 0 Å². The van der Waals surface area contributed by atoms with Gasteiger partial charge in [0.25, 0.3) is 0 Å². The number of allylic oxidation sites excluding steroid dienone is 1. The van der Waals surface area contributed by atoms with Crippen molar-refractivity contribution in [3.63, 3.8) is 0 Å². The average Bonchev–Trinajstić information content (AvgIpc) is 2.21. The Balaban J connectivity index is 4.35. The molecule has 5 heteroatoms. The van der Waals surface area contributed by atoms with Gasteiger partial charge in [-0.3, -0.25) is 9.18 Å². The van der Waals surface area contributed by atoms with Crippen LogP contribution in [0.3, 0.4) is 0 Å². The molecule has 4 nitrogen and oxygen atoms in total. The maximum absolute atomic E-state index is 11.9. The van der Waals surface area contributed by atoms with Crippen molar-refractivity contribution < 1.29 is 9.18 Å². The smallest absolute Gasteiger partial charge is 0.236 e. The highest BCUT2D eigenvalue weighted by atomic mass is 19.1. The SMILES string of the molecule is CCN(C=C(C#N)CCCF)CC(N)=O. The summed E-state index contributed by atoms with van der Waals surface area (Å²) < 4.78 is 11.9. The lowest BCUT2D eigenvalue weighted by Crippen LogP contribution is -2.30. The molecule has 0 unspecified atom stereocenters. The highest BCUT2D eigenvalue weighted by Crippen LogP contribution is 2.05. The maximum atomic E-state index is 11.9. The molecule has 0 heterocycles. The van der Waals surface area contributed by atoms with E-state index in [4.69, 9.17) is 11.0 Å². The van der Waals surface area contributed by atoms with Gasteiger partial charge in [-0.1, -0.05) is 0 Å². The Labute approximate surface area is 89.2 Å². The molecule has 0 aliphatic carbocycles. The summed E-state index contributed by atoms with van der Waals surface area (Å²) in [5.74, 6) is -0.448. The molecule has 0 aliphatic rings. The number of carbonyl (C=O) groups is 1. The van der Waals surface area contributed by atoms with Crippen molar-refractivity contribution in [3.8, 4) is 6.07 Å². The minimum absolute atomic E-state index is 0.0807. The Kier molecular flexibility index (Phi) is 6.98. The van der Waals surface area contributed by atoms with E-state index in [0.717, 1.165) is 0 Å². The second-order valence-electron chi connectivity index (χ2n) is 3.09. The molecule has 0 aromatic rings. The van der Waals surface area contributed by atoms with Crippen LogP contribution in [-0.2, 0) is 4.79 Å². The van der Waals surface area contributed by atoms with Crippen LogP contribution in [0.5, 0.6) is 0 Å². The number of nitrogens with zero attached hydrogens (tertiary/aromatic N) is 2. The van der Waals surface area contributed by atoms with Gasteiger partial charge in [0, 0.05) is 18.3 Å². The molecule has 0 aliphatic heterocycles. The molecule has 0 aromatic carbocycles. The van der Waals surface area contributed by atoms with E-state index < -0.39 is 12.6 Å². The van der Waals surface area contributed by atoms with E-state index in [1.165, 1.54) is 0 Å². The monoisotopic (exact) mass is 213 g/mol. The van der Waals surface area contributed by atoms with Crippen molar-refractivity contribution in [3.05, 3.63) is 11.8 Å². The third kappa shape index (κ3) is 6.49. The second kappa shape index (κ2) is 7.80. The summed E-state index contributed by atoms with van der Waals surface area (Å²) >= 11 is 0. The van der Waals surface area contributed by atoms with E-state index in [9.17, 15) is 9.18 Å². The number of amides is 1. The van der Waals surface area contributed by atoms with Gasteiger partial charge in [0.05, 0.1) is 19.3 Å². The molecule has 0 fully saturated rings. The number of carbonyl (C=O) groups excluding carboxylic acids is 1. The van der Waals surface area contributed by atoms with Crippen LogP contribution in [-0.4, -0.2) is 30.6 Å². The van der Waals surface area contributed by atoms with Gasteiger partial charge in [-0.25, -0.2) is 0 Å². The number of primary amides is 1. The number of hydrogen-bond donors (Lipinski definition) is 1. The highest BCUT2D eigenvalue weighted by molar-refractivity contribution is 5.76. The van der Waals surface area contributed by atoms with E-state index in [1.807, 2.05) is 13.0 Å². The Morgan fingerprint density at radius 2 is 2.33 bits per heavy atom. The summed E-state index contributed by atoms with van der Waals surface area (Å²) in [6.45, 7) is 2.08. The molecule has 0 atom stereocenters. The Bertz CT molecular complexity index is 270. The van der Waals surface area contributed by atoms with Gasteiger partial charge < -0.3 is 10.6 Å². The molecule has 2 N–H and O–H groups in total. The minimum Gasteiger partial charge on any atom is -0.368 e. The fraction of sp³-hybridized carbons (Fsp3) is 0.600. The molecule has 0 rings (SSSR count). The zero-order valence-corrected chi connectivity index (χ0v) is 8.87. The first-order chi connectivity index (χ1) is 7.13. The van der Waals surface area contributed by atoms with Crippen LogP contribution in [0.4, 0.5) is 4.39 Å². The van der Waals surface area contributed by atoms with Gasteiger partial charge in [-0.2, -0.15) is 5.26 Å². The zero-order chi connectivity index (χ0) is 11.7. The van der Waals surface area contributed by atoms with Gasteiger partial charge in [-0.15, -0.1) is 0 Å². The Morgan fingerprint density at radius 1 is 1.67 bits per heavy atom. The molecule has 0 spiro atoms. The fourth-order valence-electron chi connectivity index (χ4n) is 1.08. The van der Waals surface area contributed by atoms with Crippen molar-refractivity contribution in [1.29, 1.82) is 5.26 Å². The van der Waals surface area contributed by atoms with Crippen molar-refractivity contribution in [1.82, 2.24) is 4.90 Å². The lowest BCUT2D eigenvalue weighted by Gasteiger charge is -2.16. The van der Waals surface area contributed by atoms with Crippen LogP contribution in [0.15, 0.2) is 11.8 Å². The maximum Gasteiger partial charge on any atom is 0.236 e. The number of nitriles is 1. The van der Waals surface area contributed by atoms with E-state index >= 15 is 0 Å². The second-order valence-corrected chi connectivity index (χ2v) is 3.09. The molecular formula is C10H16FN3O. The summed E-state index contributed by atoms with van der Waals surface area (Å²) in [4.78, 5) is 12.3. The van der Waals surface area contributed by atoms with Crippen LogP contribution in [0.1, 0.15) is 19.8 Å². The van der Waals surface area contributed by atoms with E-state index in [-0.39, 0.29) is 6.54 Å². The van der Waals surface area contributed by atoms with Gasteiger partial charge in [0.2, 0.25) is 5.91 Å². The molecule has 15 heavy (non-hydrogen) atoms. The fourth-order valence-corrected chi connectivity index (χ4v) is 1.08. The minimum atomic E-state index is -0.448. The molecule has 0 radical (unpaired) electrons. The predicted octanol–water partition coefficient (Wildman–Crippen LogP) is 0.951. The normalized spacial score (nSPS) is 10.9. The summed E-state index contributed by atoms with van der Waals surface area (Å²) in [5, 5.41) is 8.75. The van der Waals surface area contributed by atoms with Crippen LogP contribution >= 0.6 is 0 Å². The standard InChI is InChI=1S/C10H16FN3O/c1-2-14(8-10(13)15)7-9(6-12)4-3-5-11/h7H,2-5,8H2,1H3,(H2,13,15). The molecule has 84 valence electrons. The Hall–Kier alpha value is -1.57. The van der Waals surface area contributed by atoms with Crippen molar-refractivity contribution in [2.24, 2.45) is 5.73 Å². The summed E-state index contributed by atoms with van der Waals surface area (Å²) in [6.07, 6.45) is 2.29. The first-order valence-electron chi connectivity index (χ1n) is 4.83. The zero-order valence-electron chi connectivity index (χ0n) is 8.87. The van der Waals surface area contributed by atoms with E-state index in [1.54, 1.807) is 11.1 Å². The third-order valence-electron chi connectivity index (χ3n) is 1.83. The van der Waals surface area contributed by atoms with Crippen LogP contribution in [0.2, 0.25) is 0 Å². The molecule has 1 amide bonds.